The highest BCUT2D eigenvalue weighted by Gasteiger charge is 2.31. The second-order valence-corrected chi connectivity index (χ2v) is 7.91. The van der Waals surface area contributed by atoms with Crippen LogP contribution in [0.4, 0.5) is 4.79 Å². The summed E-state index contributed by atoms with van der Waals surface area (Å²) < 4.78 is 6.15. The first-order valence-corrected chi connectivity index (χ1v) is 8.35. The molecule has 118 valence electrons. The van der Waals surface area contributed by atoms with Crippen LogP contribution in [0.5, 0.6) is 0 Å². The molecule has 1 unspecified atom stereocenters. The largest absolute Gasteiger partial charge is 0.444 e. The van der Waals surface area contributed by atoms with Crippen molar-refractivity contribution in [3.05, 3.63) is 15.5 Å². The lowest BCUT2D eigenvalue weighted by atomic mass is 10.2. The molecule has 1 saturated heterocycles. The summed E-state index contributed by atoms with van der Waals surface area (Å²) in [6, 6.07) is 0.190. The van der Waals surface area contributed by atoms with E-state index in [1.807, 2.05) is 25.7 Å². The molecule has 0 aliphatic carbocycles. The Morgan fingerprint density at radius 3 is 3.00 bits per heavy atom. The molecule has 0 saturated carbocycles. The van der Waals surface area contributed by atoms with E-state index in [0.717, 1.165) is 30.9 Å². The van der Waals surface area contributed by atoms with Gasteiger partial charge < -0.3 is 15.0 Å². The number of aromatic nitrogens is 1. The van der Waals surface area contributed by atoms with Gasteiger partial charge in [0.1, 0.15) is 14.9 Å². The highest BCUT2D eigenvalue weighted by molar-refractivity contribution is 7.15. The van der Waals surface area contributed by atoms with Gasteiger partial charge in [-0.3, -0.25) is 0 Å². The van der Waals surface area contributed by atoms with Crippen molar-refractivity contribution in [1.29, 1.82) is 0 Å². The van der Waals surface area contributed by atoms with Gasteiger partial charge in [0.15, 0.2) is 0 Å². The number of hydrogen-bond acceptors (Lipinski definition) is 5. The second kappa shape index (κ2) is 6.94. The summed E-state index contributed by atoms with van der Waals surface area (Å²) in [6.07, 6.45) is 3.47. The standard InChI is InChI=1S/C14H22ClN3O2S/c1-14(2,3)20-13(19)18-6-4-5-10(18)7-16-9-12-17-8-11(15)21-12/h8,10,16H,4-7,9H2,1-3H3. The Labute approximate surface area is 134 Å². The number of halogens is 1. The predicted molar refractivity (Wildman–Crippen MR) is 84.8 cm³/mol. The van der Waals surface area contributed by atoms with Crippen LogP contribution >= 0.6 is 22.9 Å². The van der Waals surface area contributed by atoms with Crippen LogP contribution in [0.25, 0.3) is 0 Å². The molecule has 5 nitrogen and oxygen atoms in total. The first kappa shape index (κ1) is 16.5. The SMILES string of the molecule is CC(C)(C)OC(=O)N1CCCC1CNCc1ncc(Cl)s1. The third kappa shape index (κ3) is 5.13. The topological polar surface area (TPSA) is 54.5 Å². The van der Waals surface area contributed by atoms with Gasteiger partial charge in [-0.15, -0.1) is 11.3 Å². The van der Waals surface area contributed by atoms with Crippen molar-refractivity contribution in [1.82, 2.24) is 15.2 Å². The quantitative estimate of drug-likeness (QED) is 0.919. The van der Waals surface area contributed by atoms with Crippen molar-refractivity contribution in [2.45, 2.75) is 51.8 Å². The maximum atomic E-state index is 12.2. The maximum absolute atomic E-state index is 12.2. The van der Waals surface area contributed by atoms with E-state index < -0.39 is 5.60 Å². The van der Waals surface area contributed by atoms with Crippen LogP contribution in [0.3, 0.4) is 0 Å². The van der Waals surface area contributed by atoms with E-state index in [2.05, 4.69) is 10.3 Å². The van der Waals surface area contributed by atoms with Gasteiger partial charge in [0, 0.05) is 25.7 Å². The molecule has 1 fully saturated rings. The Kier molecular flexibility index (Phi) is 5.46. The van der Waals surface area contributed by atoms with E-state index in [-0.39, 0.29) is 12.1 Å². The molecule has 7 heteroatoms. The molecule has 0 aromatic carbocycles. The van der Waals surface area contributed by atoms with Crippen molar-refractivity contribution in [3.8, 4) is 0 Å². The van der Waals surface area contributed by atoms with Gasteiger partial charge in [-0.05, 0) is 33.6 Å². The minimum absolute atomic E-state index is 0.190. The number of carbonyl (C=O) groups is 1. The highest BCUT2D eigenvalue weighted by Crippen LogP contribution is 2.21. The first-order valence-electron chi connectivity index (χ1n) is 7.16. The zero-order chi connectivity index (χ0) is 15.5. The number of carbonyl (C=O) groups excluding carboxylic acids is 1. The van der Waals surface area contributed by atoms with Crippen molar-refractivity contribution >= 4 is 29.0 Å². The molecule has 2 heterocycles. The summed E-state index contributed by atoms with van der Waals surface area (Å²) in [4.78, 5) is 18.2. The highest BCUT2D eigenvalue weighted by atomic mass is 35.5. The van der Waals surface area contributed by atoms with Gasteiger partial charge >= 0.3 is 6.09 Å². The third-order valence-electron chi connectivity index (χ3n) is 3.19. The molecule has 21 heavy (non-hydrogen) atoms. The van der Waals surface area contributed by atoms with Gasteiger partial charge in [-0.1, -0.05) is 11.6 Å². The molecule has 1 aliphatic rings. The first-order chi connectivity index (χ1) is 9.85. The molecular weight excluding hydrogens is 310 g/mol. The number of nitrogens with one attached hydrogen (secondary N) is 1. The van der Waals surface area contributed by atoms with E-state index in [4.69, 9.17) is 16.3 Å². The molecule has 1 aromatic heterocycles. The number of hydrogen-bond donors (Lipinski definition) is 1. The Morgan fingerprint density at radius 2 is 2.38 bits per heavy atom. The van der Waals surface area contributed by atoms with Crippen LogP contribution in [0, 0.1) is 0 Å². The number of nitrogens with zero attached hydrogens (tertiary/aromatic N) is 2. The summed E-state index contributed by atoms with van der Waals surface area (Å²) in [5, 5.41) is 4.30. The molecule has 1 N–H and O–H groups in total. The maximum Gasteiger partial charge on any atom is 0.410 e. The Balaban J connectivity index is 1.80. The minimum atomic E-state index is -0.449. The van der Waals surface area contributed by atoms with Crippen molar-refractivity contribution < 1.29 is 9.53 Å². The smallest absolute Gasteiger partial charge is 0.410 e. The van der Waals surface area contributed by atoms with Crippen LogP contribution in [0.15, 0.2) is 6.20 Å². The lowest BCUT2D eigenvalue weighted by Gasteiger charge is -2.28. The molecule has 2 rings (SSSR count). The summed E-state index contributed by atoms with van der Waals surface area (Å²) >= 11 is 7.32. The van der Waals surface area contributed by atoms with Crippen molar-refractivity contribution in [2.24, 2.45) is 0 Å². The Hall–Kier alpha value is -0.850. The molecule has 0 spiro atoms. The molecule has 0 bridgehead atoms. The van der Waals surface area contributed by atoms with E-state index >= 15 is 0 Å². The fourth-order valence-corrected chi connectivity index (χ4v) is 3.25. The van der Waals surface area contributed by atoms with Gasteiger partial charge in [0.25, 0.3) is 0 Å². The van der Waals surface area contributed by atoms with E-state index in [0.29, 0.717) is 10.9 Å². The van der Waals surface area contributed by atoms with Crippen LogP contribution in [-0.4, -0.2) is 40.7 Å². The van der Waals surface area contributed by atoms with E-state index in [1.165, 1.54) is 11.3 Å². The van der Waals surface area contributed by atoms with Crippen LogP contribution in [-0.2, 0) is 11.3 Å². The fourth-order valence-electron chi connectivity index (χ4n) is 2.32. The lowest BCUT2D eigenvalue weighted by molar-refractivity contribution is 0.0226. The number of rotatable bonds is 4. The molecule has 1 amide bonds. The molecule has 0 radical (unpaired) electrons. The van der Waals surface area contributed by atoms with E-state index in [9.17, 15) is 4.79 Å². The van der Waals surface area contributed by atoms with Gasteiger partial charge in [-0.2, -0.15) is 0 Å². The van der Waals surface area contributed by atoms with Crippen molar-refractivity contribution in [3.63, 3.8) is 0 Å². The van der Waals surface area contributed by atoms with E-state index in [1.54, 1.807) is 6.20 Å². The van der Waals surface area contributed by atoms with Crippen molar-refractivity contribution in [2.75, 3.05) is 13.1 Å². The second-order valence-electron chi connectivity index (χ2n) is 6.16. The summed E-state index contributed by atoms with van der Waals surface area (Å²) in [5.41, 5.74) is -0.449. The number of thiazole rings is 1. The van der Waals surface area contributed by atoms with Gasteiger partial charge in [-0.25, -0.2) is 9.78 Å². The van der Waals surface area contributed by atoms with Crippen LogP contribution < -0.4 is 5.32 Å². The summed E-state index contributed by atoms with van der Waals surface area (Å²) in [6.45, 7) is 7.86. The normalized spacial score (nSPS) is 19.0. The minimum Gasteiger partial charge on any atom is -0.444 e. The van der Waals surface area contributed by atoms with Crippen LogP contribution in [0.2, 0.25) is 4.34 Å². The number of ether oxygens (including phenoxy) is 1. The average molecular weight is 332 g/mol. The summed E-state index contributed by atoms with van der Waals surface area (Å²) in [5.74, 6) is 0. The zero-order valence-electron chi connectivity index (χ0n) is 12.7. The molecule has 1 aromatic rings. The van der Waals surface area contributed by atoms with Gasteiger partial charge in [0.05, 0.1) is 6.20 Å². The molecule has 1 atom stereocenters. The fraction of sp³-hybridized carbons (Fsp3) is 0.714. The Bertz CT molecular complexity index is 487. The molecular formula is C14H22ClN3O2S. The number of amides is 1. The third-order valence-corrected chi connectivity index (χ3v) is 4.30. The average Bonchev–Trinajstić information content (AvgIpc) is 2.96. The summed E-state index contributed by atoms with van der Waals surface area (Å²) in [7, 11) is 0. The molecule has 1 aliphatic heterocycles. The lowest BCUT2D eigenvalue weighted by Crippen LogP contribution is -2.44. The zero-order valence-corrected chi connectivity index (χ0v) is 14.3. The monoisotopic (exact) mass is 331 g/mol. The van der Waals surface area contributed by atoms with Crippen LogP contribution in [0.1, 0.15) is 38.6 Å². The number of likely N-dealkylation sites (tertiary alicyclic amines) is 1. The van der Waals surface area contributed by atoms with Gasteiger partial charge in [0.2, 0.25) is 0 Å². The predicted octanol–water partition coefficient (Wildman–Crippen LogP) is 3.29. The Morgan fingerprint density at radius 1 is 1.62 bits per heavy atom.